The molecule has 1 aromatic heterocycles. The van der Waals surface area contributed by atoms with Crippen molar-refractivity contribution in [2.75, 3.05) is 6.54 Å². The van der Waals surface area contributed by atoms with Crippen LogP contribution in [0.15, 0.2) is 6.20 Å². The molecule has 2 rings (SSSR count). The first-order valence-electron chi connectivity index (χ1n) is 5.92. The van der Waals surface area contributed by atoms with Crippen molar-refractivity contribution < 1.29 is 14.8 Å². The summed E-state index contributed by atoms with van der Waals surface area (Å²) < 4.78 is 1.25. The molecule has 1 amide bonds. The van der Waals surface area contributed by atoms with Crippen LogP contribution in [-0.2, 0) is 4.79 Å². The fourth-order valence-corrected chi connectivity index (χ4v) is 2.37. The molecule has 2 heterocycles. The normalized spacial score (nSPS) is 18.7. The predicted octanol–water partition coefficient (Wildman–Crippen LogP) is 0.416. The average molecular weight is 267 g/mol. The molecule has 0 aromatic carbocycles. The van der Waals surface area contributed by atoms with Gasteiger partial charge in [-0.15, -0.1) is 0 Å². The molecule has 1 radical (unpaired) electrons. The van der Waals surface area contributed by atoms with Gasteiger partial charge in [-0.1, -0.05) is 0 Å². The molecule has 8 heteroatoms. The maximum Gasteiger partial charge on any atom is 0.344 e. The summed E-state index contributed by atoms with van der Waals surface area (Å²) in [7, 11) is 0. The first-order valence-corrected chi connectivity index (χ1v) is 5.92. The molecule has 1 aromatic rings. The zero-order valence-electron chi connectivity index (χ0n) is 10.5. The van der Waals surface area contributed by atoms with Gasteiger partial charge in [0.05, 0.1) is 0 Å². The average Bonchev–Trinajstić information content (AvgIpc) is 2.88. The molecule has 0 bridgehead atoms. The number of aliphatic hydroxyl groups excluding tert-OH is 1. The number of amides is 1. The smallest absolute Gasteiger partial charge is 0.344 e. The zero-order valence-corrected chi connectivity index (χ0v) is 10.5. The van der Waals surface area contributed by atoms with Crippen molar-refractivity contribution in [3.63, 3.8) is 0 Å². The van der Waals surface area contributed by atoms with E-state index in [0.717, 1.165) is 6.20 Å². The van der Waals surface area contributed by atoms with E-state index in [9.17, 15) is 20.0 Å². The van der Waals surface area contributed by atoms with E-state index >= 15 is 0 Å². The highest BCUT2D eigenvalue weighted by Crippen LogP contribution is 2.29. The number of likely N-dealkylation sites (tertiary alicyclic amines) is 1. The molecule has 1 N–H and O–H groups in total. The Hall–Kier alpha value is -1.96. The summed E-state index contributed by atoms with van der Waals surface area (Å²) in [5, 5.41) is 20.8. The third-order valence-electron chi connectivity index (χ3n) is 3.19. The number of carbonyl (C=O) groups is 1. The Kier molecular flexibility index (Phi) is 3.52. The number of imidazole rings is 1. The Morgan fingerprint density at radius 3 is 2.79 bits per heavy atom. The quantitative estimate of drug-likeness (QED) is 0.629. The number of hydrogen-bond acceptors (Lipinski definition) is 5. The van der Waals surface area contributed by atoms with Gasteiger partial charge in [-0.05, 0) is 18.3 Å². The lowest BCUT2D eigenvalue weighted by Gasteiger charge is -2.28. The molecule has 1 saturated heterocycles. The Balaban J connectivity index is 2.47. The number of carbonyl (C=O) groups excluding carboxylic acids is 1. The van der Waals surface area contributed by atoms with Crippen LogP contribution in [-0.4, -0.2) is 43.0 Å². The third kappa shape index (κ3) is 2.30. The standard InChI is InChI=1S/C11H15N4O4/c1-7(16)11(13-5-3-4-10(13)17)14-8(2)12-6-9(14)15(18)19/h6-7,11,16H,1,3-5H2,2H3. The fourth-order valence-electron chi connectivity index (χ4n) is 2.37. The van der Waals surface area contributed by atoms with Crippen LogP contribution in [0.3, 0.4) is 0 Å². The topological polar surface area (TPSA) is 102 Å². The lowest BCUT2D eigenvalue weighted by atomic mass is 10.2. The number of nitrogens with zero attached hydrogens (tertiary/aromatic N) is 4. The molecule has 0 spiro atoms. The molecular weight excluding hydrogens is 252 g/mol. The lowest BCUT2D eigenvalue weighted by molar-refractivity contribution is -0.393. The molecule has 103 valence electrons. The van der Waals surface area contributed by atoms with E-state index in [1.54, 1.807) is 6.92 Å². The molecule has 2 unspecified atom stereocenters. The highest BCUT2D eigenvalue weighted by Gasteiger charge is 2.39. The summed E-state index contributed by atoms with van der Waals surface area (Å²) in [5.74, 6) is -0.0425. The summed E-state index contributed by atoms with van der Waals surface area (Å²) in [6.45, 7) is 5.54. The number of aliphatic hydroxyl groups is 1. The van der Waals surface area contributed by atoms with Crippen molar-refractivity contribution in [3.8, 4) is 0 Å². The third-order valence-corrected chi connectivity index (χ3v) is 3.19. The van der Waals surface area contributed by atoms with Gasteiger partial charge >= 0.3 is 5.82 Å². The molecule has 0 aliphatic carbocycles. The predicted molar refractivity (Wildman–Crippen MR) is 65.0 cm³/mol. The minimum atomic E-state index is -1.17. The number of rotatable bonds is 4. The minimum Gasteiger partial charge on any atom is -0.387 e. The van der Waals surface area contributed by atoms with Crippen LogP contribution in [0.5, 0.6) is 0 Å². The van der Waals surface area contributed by atoms with E-state index < -0.39 is 17.2 Å². The van der Waals surface area contributed by atoms with Gasteiger partial charge in [-0.25, -0.2) is 4.98 Å². The van der Waals surface area contributed by atoms with Crippen LogP contribution in [0.1, 0.15) is 24.8 Å². The van der Waals surface area contributed by atoms with Gasteiger partial charge in [-0.2, -0.15) is 4.57 Å². The summed E-state index contributed by atoms with van der Waals surface area (Å²) in [6, 6.07) is 0. The molecule has 1 aliphatic heterocycles. The van der Waals surface area contributed by atoms with E-state index in [4.69, 9.17) is 0 Å². The maximum atomic E-state index is 11.8. The van der Waals surface area contributed by atoms with Gasteiger partial charge < -0.3 is 20.1 Å². The summed E-state index contributed by atoms with van der Waals surface area (Å²) >= 11 is 0. The molecule has 8 nitrogen and oxygen atoms in total. The molecule has 2 atom stereocenters. The van der Waals surface area contributed by atoms with E-state index in [0.29, 0.717) is 25.2 Å². The van der Waals surface area contributed by atoms with E-state index in [1.165, 1.54) is 9.47 Å². The van der Waals surface area contributed by atoms with E-state index in [1.807, 2.05) is 0 Å². The Morgan fingerprint density at radius 2 is 2.32 bits per heavy atom. The lowest BCUT2D eigenvalue weighted by Crippen LogP contribution is -2.40. The summed E-state index contributed by atoms with van der Waals surface area (Å²) in [4.78, 5) is 27.5. The number of nitro groups is 1. The molecule has 0 saturated carbocycles. The molecular formula is C11H15N4O4. The van der Waals surface area contributed by atoms with Gasteiger partial charge in [0.15, 0.2) is 5.82 Å². The highest BCUT2D eigenvalue weighted by atomic mass is 16.6. The second-order valence-corrected chi connectivity index (χ2v) is 4.46. The molecule has 19 heavy (non-hydrogen) atoms. The maximum absolute atomic E-state index is 11.8. The molecule has 1 fully saturated rings. The highest BCUT2D eigenvalue weighted by molar-refractivity contribution is 5.78. The van der Waals surface area contributed by atoms with Gasteiger partial charge in [0.1, 0.15) is 12.3 Å². The van der Waals surface area contributed by atoms with E-state index in [2.05, 4.69) is 11.9 Å². The first-order chi connectivity index (χ1) is 8.93. The summed E-state index contributed by atoms with van der Waals surface area (Å²) in [6.07, 6.45) is 0.103. The number of aromatic nitrogens is 2. The van der Waals surface area contributed by atoms with Crippen molar-refractivity contribution in [1.82, 2.24) is 14.5 Å². The first kappa shape index (κ1) is 13.5. The Morgan fingerprint density at radius 1 is 1.63 bits per heavy atom. The van der Waals surface area contributed by atoms with Crippen molar-refractivity contribution in [1.29, 1.82) is 0 Å². The van der Waals surface area contributed by atoms with Crippen molar-refractivity contribution in [2.24, 2.45) is 0 Å². The number of hydrogen-bond donors (Lipinski definition) is 1. The zero-order chi connectivity index (χ0) is 14.2. The van der Waals surface area contributed by atoms with Crippen LogP contribution in [0.2, 0.25) is 0 Å². The minimum absolute atomic E-state index is 0.143. The van der Waals surface area contributed by atoms with E-state index in [-0.39, 0.29) is 11.7 Å². The van der Waals surface area contributed by atoms with Crippen molar-refractivity contribution in [2.45, 2.75) is 32.0 Å². The molecule has 1 aliphatic rings. The van der Waals surface area contributed by atoms with Gasteiger partial charge in [0.2, 0.25) is 12.1 Å². The van der Waals surface area contributed by atoms with Gasteiger partial charge in [-0.3, -0.25) is 4.79 Å². The largest absolute Gasteiger partial charge is 0.387 e. The second kappa shape index (κ2) is 4.96. The fraction of sp³-hybridized carbons (Fsp3) is 0.545. The Labute approximate surface area is 109 Å². The van der Waals surface area contributed by atoms with Crippen LogP contribution < -0.4 is 0 Å². The van der Waals surface area contributed by atoms with Crippen LogP contribution >= 0.6 is 0 Å². The van der Waals surface area contributed by atoms with Crippen molar-refractivity contribution in [3.05, 3.63) is 29.1 Å². The number of aryl methyl sites for hydroxylation is 1. The van der Waals surface area contributed by atoms with Gasteiger partial charge in [0, 0.05) is 19.9 Å². The summed E-state index contributed by atoms with van der Waals surface area (Å²) in [5.41, 5.74) is 0. The van der Waals surface area contributed by atoms with Crippen molar-refractivity contribution >= 4 is 11.7 Å². The van der Waals surface area contributed by atoms with Gasteiger partial charge in [0.25, 0.3) is 0 Å². The second-order valence-electron chi connectivity index (χ2n) is 4.46. The van der Waals surface area contributed by atoms with Crippen LogP contribution in [0.4, 0.5) is 5.82 Å². The SMILES string of the molecule is [CH2]C(O)C(N1CCCC1=O)n1c([N+](=O)[O-])cnc1C. The Bertz CT molecular complexity index is 511. The van der Waals surface area contributed by atoms with Crippen LogP contribution in [0, 0.1) is 24.0 Å². The monoisotopic (exact) mass is 267 g/mol. The van der Waals surface area contributed by atoms with Crippen LogP contribution in [0.25, 0.3) is 0 Å².